The monoisotopic (exact) mass is 297 g/mol. The van der Waals surface area contributed by atoms with Gasteiger partial charge < -0.3 is 9.84 Å². The van der Waals surface area contributed by atoms with Crippen LogP contribution in [0, 0.1) is 19.3 Å². The van der Waals surface area contributed by atoms with Gasteiger partial charge >= 0.3 is 5.97 Å². The van der Waals surface area contributed by atoms with Crippen LogP contribution < -0.4 is 9.46 Å². The topological polar surface area (TPSA) is 92.7 Å². The van der Waals surface area contributed by atoms with E-state index in [-0.39, 0.29) is 11.3 Å². The van der Waals surface area contributed by atoms with Gasteiger partial charge in [-0.1, -0.05) is 0 Å². The number of terminal acetylenes is 1. The minimum atomic E-state index is -3.96. The van der Waals surface area contributed by atoms with E-state index in [9.17, 15) is 13.2 Å². The van der Waals surface area contributed by atoms with Gasteiger partial charge in [-0.25, -0.2) is 8.42 Å². The number of sulfonamides is 1. The van der Waals surface area contributed by atoms with Crippen molar-refractivity contribution in [3.8, 4) is 18.1 Å². The predicted octanol–water partition coefficient (Wildman–Crippen LogP) is 0.758. The van der Waals surface area contributed by atoms with Crippen molar-refractivity contribution < 1.29 is 23.1 Å². The van der Waals surface area contributed by atoms with Crippen molar-refractivity contribution in [3.63, 3.8) is 0 Å². The van der Waals surface area contributed by atoms with Crippen molar-refractivity contribution in [1.29, 1.82) is 0 Å². The molecule has 0 bridgehead atoms. The van der Waals surface area contributed by atoms with Crippen LogP contribution in [0.4, 0.5) is 0 Å². The van der Waals surface area contributed by atoms with Crippen LogP contribution in [-0.4, -0.2) is 32.6 Å². The summed E-state index contributed by atoms with van der Waals surface area (Å²) >= 11 is 0. The highest BCUT2D eigenvalue weighted by Crippen LogP contribution is 2.21. The van der Waals surface area contributed by atoms with Gasteiger partial charge in [0.25, 0.3) is 0 Å². The quantitative estimate of drug-likeness (QED) is 0.756. The Morgan fingerprint density at radius 2 is 2.20 bits per heavy atom. The number of methoxy groups -OCH3 is 1. The van der Waals surface area contributed by atoms with Crippen LogP contribution in [0.2, 0.25) is 0 Å². The van der Waals surface area contributed by atoms with Crippen molar-refractivity contribution in [2.24, 2.45) is 0 Å². The van der Waals surface area contributed by atoms with E-state index in [1.165, 1.54) is 25.3 Å². The lowest BCUT2D eigenvalue weighted by Gasteiger charge is -2.13. The zero-order chi connectivity index (χ0) is 15.3. The number of rotatable bonds is 6. The summed E-state index contributed by atoms with van der Waals surface area (Å²) in [6.07, 6.45) is 4.79. The Kier molecular flexibility index (Phi) is 5.13. The Balaban J connectivity index is 3.08. The molecule has 0 aliphatic rings. The van der Waals surface area contributed by atoms with Crippen LogP contribution >= 0.6 is 0 Å². The summed E-state index contributed by atoms with van der Waals surface area (Å²) in [7, 11) is -2.48. The van der Waals surface area contributed by atoms with E-state index in [1.807, 2.05) is 0 Å². The van der Waals surface area contributed by atoms with E-state index >= 15 is 0 Å². The van der Waals surface area contributed by atoms with Gasteiger partial charge in [-0.2, -0.15) is 4.72 Å². The molecular weight excluding hydrogens is 282 g/mol. The van der Waals surface area contributed by atoms with Crippen molar-refractivity contribution >= 4 is 16.0 Å². The van der Waals surface area contributed by atoms with E-state index in [4.69, 9.17) is 16.3 Å². The molecule has 6 nitrogen and oxygen atoms in total. The second kappa shape index (κ2) is 6.41. The number of aliphatic carboxylic acids is 1. The lowest BCUT2D eigenvalue weighted by molar-refractivity contribution is -0.138. The van der Waals surface area contributed by atoms with Gasteiger partial charge in [-0.05, 0) is 30.7 Å². The summed E-state index contributed by atoms with van der Waals surface area (Å²) in [6, 6.07) is 2.88. The molecule has 0 aromatic heterocycles. The van der Waals surface area contributed by atoms with Crippen molar-refractivity contribution in [2.45, 2.75) is 24.3 Å². The molecule has 1 atom stereocenters. The summed E-state index contributed by atoms with van der Waals surface area (Å²) < 4.78 is 31.3. The largest absolute Gasteiger partial charge is 0.496 e. The smallest absolute Gasteiger partial charge is 0.322 e. The molecule has 0 heterocycles. The van der Waals surface area contributed by atoms with E-state index in [2.05, 4.69) is 10.6 Å². The SMILES string of the molecule is C#CCC(NS(=O)(=O)c1ccc(OC)c(C)c1)C(=O)O. The predicted molar refractivity (Wildman–Crippen MR) is 72.9 cm³/mol. The van der Waals surface area contributed by atoms with E-state index in [0.29, 0.717) is 11.3 Å². The summed E-state index contributed by atoms with van der Waals surface area (Å²) in [4.78, 5) is 10.9. The van der Waals surface area contributed by atoms with Crippen LogP contribution in [0.3, 0.4) is 0 Å². The highest BCUT2D eigenvalue weighted by atomic mass is 32.2. The zero-order valence-corrected chi connectivity index (χ0v) is 11.9. The Morgan fingerprint density at radius 1 is 1.55 bits per heavy atom. The molecule has 0 amide bonds. The minimum absolute atomic E-state index is 0.0425. The number of nitrogens with one attached hydrogen (secondary N) is 1. The average Bonchev–Trinajstić information content (AvgIpc) is 2.37. The van der Waals surface area contributed by atoms with Gasteiger partial charge in [0.05, 0.1) is 12.0 Å². The molecule has 0 saturated carbocycles. The molecule has 0 spiro atoms. The first-order valence-corrected chi connectivity index (χ1v) is 7.13. The zero-order valence-electron chi connectivity index (χ0n) is 11.1. The van der Waals surface area contributed by atoms with E-state index < -0.39 is 22.0 Å². The maximum Gasteiger partial charge on any atom is 0.322 e. The summed E-state index contributed by atoms with van der Waals surface area (Å²) in [5.41, 5.74) is 0.624. The fraction of sp³-hybridized carbons (Fsp3) is 0.308. The number of ether oxygens (including phenoxy) is 1. The minimum Gasteiger partial charge on any atom is -0.496 e. The van der Waals surface area contributed by atoms with Gasteiger partial charge in [0.15, 0.2) is 0 Å². The molecule has 0 aliphatic carbocycles. The molecular formula is C13H15NO5S. The first kappa shape index (κ1) is 16.0. The maximum atomic E-state index is 12.1. The third kappa shape index (κ3) is 3.73. The van der Waals surface area contributed by atoms with Gasteiger partial charge in [0, 0.05) is 6.42 Å². The lowest BCUT2D eigenvalue weighted by atomic mass is 10.2. The Bertz CT molecular complexity index is 645. The number of carboxylic acid groups (broad SMARTS) is 1. The van der Waals surface area contributed by atoms with E-state index in [1.54, 1.807) is 6.92 Å². The molecule has 0 fully saturated rings. The van der Waals surface area contributed by atoms with Crippen molar-refractivity contribution in [3.05, 3.63) is 23.8 Å². The normalized spacial score (nSPS) is 12.4. The average molecular weight is 297 g/mol. The number of carbonyl (C=O) groups is 1. The number of carboxylic acids is 1. The molecule has 2 N–H and O–H groups in total. The number of benzene rings is 1. The Morgan fingerprint density at radius 3 is 2.65 bits per heavy atom. The summed E-state index contributed by atoms with van der Waals surface area (Å²) in [6.45, 7) is 1.69. The van der Waals surface area contributed by atoms with Crippen LogP contribution in [0.15, 0.2) is 23.1 Å². The number of hydrogen-bond acceptors (Lipinski definition) is 4. The first-order valence-electron chi connectivity index (χ1n) is 5.65. The van der Waals surface area contributed by atoms with Gasteiger partial charge in [-0.15, -0.1) is 12.3 Å². The lowest BCUT2D eigenvalue weighted by Crippen LogP contribution is -2.40. The van der Waals surface area contributed by atoms with Gasteiger partial charge in [-0.3, -0.25) is 4.79 Å². The molecule has 0 radical (unpaired) electrons. The number of hydrogen-bond donors (Lipinski definition) is 2. The molecule has 1 rings (SSSR count). The van der Waals surface area contributed by atoms with Crippen LogP contribution in [-0.2, 0) is 14.8 Å². The third-order valence-electron chi connectivity index (χ3n) is 2.59. The van der Waals surface area contributed by atoms with Crippen LogP contribution in [0.5, 0.6) is 5.75 Å². The van der Waals surface area contributed by atoms with Gasteiger partial charge in [0.1, 0.15) is 11.8 Å². The molecule has 1 aromatic carbocycles. The molecule has 0 aliphatic heterocycles. The summed E-state index contributed by atoms with van der Waals surface area (Å²) in [5.74, 6) is 1.35. The van der Waals surface area contributed by atoms with Crippen LogP contribution in [0.25, 0.3) is 0 Å². The second-order valence-corrected chi connectivity index (χ2v) is 5.77. The molecule has 108 valence electrons. The van der Waals surface area contributed by atoms with Crippen molar-refractivity contribution in [1.82, 2.24) is 4.72 Å². The molecule has 7 heteroatoms. The Labute approximate surface area is 117 Å². The molecule has 0 saturated heterocycles. The van der Waals surface area contributed by atoms with Crippen LogP contribution in [0.1, 0.15) is 12.0 Å². The van der Waals surface area contributed by atoms with Gasteiger partial charge in [0.2, 0.25) is 10.0 Å². The Hall–Kier alpha value is -2.04. The third-order valence-corrected chi connectivity index (χ3v) is 4.06. The fourth-order valence-corrected chi connectivity index (χ4v) is 2.84. The van der Waals surface area contributed by atoms with Crippen molar-refractivity contribution in [2.75, 3.05) is 7.11 Å². The second-order valence-electron chi connectivity index (χ2n) is 4.05. The highest BCUT2D eigenvalue weighted by molar-refractivity contribution is 7.89. The maximum absolute atomic E-state index is 12.1. The first-order chi connectivity index (χ1) is 9.31. The fourth-order valence-electron chi connectivity index (χ4n) is 1.57. The highest BCUT2D eigenvalue weighted by Gasteiger charge is 2.25. The molecule has 1 aromatic rings. The molecule has 1 unspecified atom stereocenters. The molecule has 20 heavy (non-hydrogen) atoms. The number of aryl methyl sites for hydroxylation is 1. The standard InChI is InChI=1S/C13H15NO5S/c1-4-5-11(13(15)16)14-20(17,18)10-6-7-12(19-3)9(2)8-10/h1,6-8,11,14H,5H2,2-3H3,(H,15,16). The van der Waals surface area contributed by atoms with E-state index in [0.717, 1.165) is 0 Å². The summed E-state index contributed by atoms with van der Waals surface area (Å²) in [5, 5.41) is 8.91.